The molecule has 1 aromatic carbocycles. The molecule has 1 aliphatic rings. The minimum atomic E-state index is 0.535. The second kappa shape index (κ2) is 5.97. The normalized spacial score (nSPS) is 14.5. The minimum Gasteiger partial charge on any atom is -0.487 e. The number of ether oxygens (including phenoxy) is 1. The van der Waals surface area contributed by atoms with Crippen molar-refractivity contribution in [1.29, 1.82) is 0 Å². The van der Waals surface area contributed by atoms with Crippen LogP contribution in [0.15, 0.2) is 35.1 Å². The average Bonchev–Trinajstić information content (AvgIpc) is 3.17. The predicted molar refractivity (Wildman–Crippen MR) is 81.5 cm³/mol. The number of aryl methyl sites for hydroxylation is 1. The highest BCUT2D eigenvalue weighted by Gasteiger charge is 2.21. The van der Waals surface area contributed by atoms with E-state index in [1.807, 2.05) is 31.6 Å². The monoisotopic (exact) mass is 335 g/mol. The molecule has 1 aromatic heterocycles. The molecule has 5 heteroatoms. The number of nitrogens with zero attached hydrogens (tertiary/aromatic N) is 2. The molecule has 0 bridgehead atoms. The summed E-state index contributed by atoms with van der Waals surface area (Å²) in [6.07, 6.45) is 6.39. The lowest BCUT2D eigenvalue weighted by molar-refractivity contribution is 0.300. The summed E-state index contributed by atoms with van der Waals surface area (Å²) in [4.78, 5) is 0. The Kier molecular flexibility index (Phi) is 4.08. The number of nitrogens with one attached hydrogen (secondary N) is 1. The van der Waals surface area contributed by atoms with Crippen molar-refractivity contribution in [3.05, 3.63) is 46.2 Å². The third-order valence-electron chi connectivity index (χ3n) is 3.35. The summed E-state index contributed by atoms with van der Waals surface area (Å²) in [5.74, 6) is 0.921. The Bertz CT molecular complexity index is 593. The van der Waals surface area contributed by atoms with E-state index in [0.717, 1.165) is 22.3 Å². The smallest absolute Gasteiger partial charge is 0.138 e. The second-order valence-electron chi connectivity index (χ2n) is 5.19. The highest BCUT2D eigenvalue weighted by atomic mass is 79.9. The molecule has 0 aliphatic heterocycles. The zero-order valence-electron chi connectivity index (χ0n) is 11.5. The molecule has 0 spiro atoms. The van der Waals surface area contributed by atoms with Gasteiger partial charge in [0.25, 0.3) is 0 Å². The Morgan fingerprint density at radius 1 is 1.45 bits per heavy atom. The average molecular weight is 336 g/mol. The zero-order chi connectivity index (χ0) is 13.9. The maximum Gasteiger partial charge on any atom is 0.138 e. The molecule has 0 amide bonds. The van der Waals surface area contributed by atoms with E-state index < -0.39 is 0 Å². The first-order valence-electron chi connectivity index (χ1n) is 6.83. The van der Waals surface area contributed by atoms with Crippen LogP contribution in [0.5, 0.6) is 5.75 Å². The van der Waals surface area contributed by atoms with Gasteiger partial charge in [0.1, 0.15) is 12.4 Å². The first-order chi connectivity index (χ1) is 9.72. The van der Waals surface area contributed by atoms with Crippen molar-refractivity contribution < 1.29 is 4.74 Å². The minimum absolute atomic E-state index is 0.535. The fourth-order valence-corrected chi connectivity index (χ4v) is 2.62. The van der Waals surface area contributed by atoms with Gasteiger partial charge in [0, 0.05) is 37.0 Å². The molecule has 0 radical (unpaired) electrons. The Hall–Kier alpha value is -1.33. The Morgan fingerprint density at radius 2 is 2.30 bits per heavy atom. The molecule has 0 atom stereocenters. The van der Waals surface area contributed by atoms with Crippen LogP contribution in [-0.2, 0) is 20.2 Å². The van der Waals surface area contributed by atoms with E-state index in [9.17, 15) is 0 Å². The highest BCUT2D eigenvalue weighted by molar-refractivity contribution is 9.10. The molecule has 20 heavy (non-hydrogen) atoms. The second-order valence-corrected chi connectivity index (χ2v) is 6.05. The summed E-state index contributed by atoms with van der Waals surface area (Å²) < 4.78 is 8.76. The number of para-hydroxylation sites is 1. The fourth-order valence-electron chi connectivity index (χ4n) is 2.10. The summed E-state index contributed by atoms with van der Waals surface area (Å²) in [6.45, 7) is 1.39. The van der Waals surface area contributed by atoms with Crippen LogP contribution in [0.3, 0.4) is 0 Å². The number of rotatable bonds is 6. The van der Waals surface area contributed by atoms with Crippen molar-refractivity contribution in [3.63, 3.8) is 0 Å². The van der Waals surface area contributed by atoms with E-state index in [2.05, 4.69) is 32.4 Å². The Morgan fingerprint density at radius 3 is 3.00 bits per heavy atom. The number of halogens is 1. The van der Waals surface area contributed by atoms with Gasteiger partial charge in [-0.2, -0.15) is 5.10 Å². The van der Waals surface area contributed by atoms with Crippen LogP contribution in [0.1, 0.15) is 24.0 Å². The quantitative estimate of drug-likeness (QED) is 0.881. The third kappa shape index (κ3) is 3.41. The van der Waals surface area contributed by atoms with Gasteiger partial charge in [0.2, 0.25) is 0 Å². The van der Waals surface area contributed by atoms with Gasteiger partial charge >= 0.3 is 0 Å². The van der Waals surface area contributed by atoms with E-state index in [1.165, 1.54) is 18.4 Å². The molecule has 1 aliphatic carbocycles. The van der Waals surface area contributed by atoms with Crippen LogP contribution in [-0.4, -0.2) is 15.8 Å². The van der Waals surface area contributed by atoms with Gasteiger partial charge in [0.05, 0.1) is 10.7 Å². The van der Waals surface area contributed by atoms with Gasteiger partial charge in [-0.15, -0.1) is 0 Å². The molecule has 1 N–H and O–H groups in total. The van der Waals surface area contributed by atoms with E-state index in [4.69, 9.17) is 4.74 Å². The maximum absolute atomic E-state index is 5.98. The van der Waals surface area contributed by atoms with Crippen molar-refractivity contribution in [2.45, 2.75) is 32.0 Å². The van der Waals surface area contributed by atoms with Gasteiger partial charge in [-0.05, 0) is 34.8 Å². The zero-order valence-corrected chi connectivity index (χ0v) is 13.1. The molecule has 1 heterocycles. The fraction of sp³-hybridized carbons (Fsp3) is 0.400. The van der Waals surface area contributed by atoms with Crippen LogP contribution in [0.25, 0.3) is 0 Å². The summed E-state index contributed by atoms with van der Waals surface area (Å²) in [6, 6.07) is 6.86. The van der Waals surface area contributed by atoms with Crippen molar-refractivity contribution in [3.8, 4) is 5.75 Å². The van der Waals surface area contributed by atoms with Gasteiger partial charge in [-0.1, -0.05) is 12.1 Å². The van der Waals surface area contributed by atoms with Gasteiger partial charge in [0.15, 0.2) is 0 Å². The first-order valence-corrected chi connectivity index (χ1v) is 7.63. The SMILES string of the molecule is Cn1cc(COc2c(Br)cccc2CNC2CC2)cn1. The van der Waals surface area contributed by atoms with Gasteiger partial charge in [-0.3, -0.25) is 4.68 Å². The van der Waals surface area contributed by atoms with Crippen LogP contribution in [0.4, 0.5) is 0 Å². The summed E-state index contributed by atoms with van der Waals surface area (Å²) in [7, 11) is 1.91. The highest BCUT2D eigenvalue weighted by Crippen LogP contribution is 2.30. The molecule has 4 nitrogen and oxygen atoms in total. The van der Waals surface area contributed by atoms with Gasteiger partial charge < -0.3 is 10.1 Å². The van der Waals surface area contributed by atoms with Crippen molar-refractivity contribution in [2.24, 2.45) is 7.05 Å². The van der Waals surface area contributed by atoms with E-state index in [1.54, 1.807) is 4.68 Å². The van der Waals surface area contributed by atoms with Crippen molar-refractivity contribution >= 4 is 15.9 Å². The lowest BCUT2D eigenvalue weighted by atomic mass is 10.2. The topological polar surface area (TPSA) is 39.1 Å². The summed E-state index contributed by atoms with van der Waals surface area (Å²) in [5, 5.41) is 7.68. The van der Waals surface area contributed by atoms with E-state index in [-0.39, 0.29) is 0 Å². The number of hydrogen-bond acceptors (Lipinski definition) is 3. The lowest BCUT2D eigenvalue weighted by Gasteiger charge is -2.13. The van der Waals surface area contributed by atoms with Crippen LogP contribution >= 0.6 is 15.9 Å². The van der Waals surface area contributed by atoms with Crippen molar-refractivity contribution in [2.75, 3.05) is 0 Å². The first kappa shape index (κ1) is 13.6. The van der Waals surface area contributed by atoms with Crippen LogP contribution < -0.4 is 10.1 Å². The Balaban J connectivity index is 1.69. The predicted octanol–water partition coefficient (Wildman–Crippen LogP) is 3.01. The molecular formula is C15H18BrN3O. The summed E-state index contributed by atoms with van der Waals surface area (Å²) in [5.41, 5.74) is 2.26. The standard InChI is InChI=1S/C15H18BrN3O/c1-19-9-11(7-18-19)10-20-15-12(3-2-4-14(15)16)8-17-13-5-6-13/h2-4,7,9,13,17H,5-6,8,10H2,1H3. The van der Waals surface area contributed by atoms with Crippen LogP contribution in [0.2, 0.25) is 0 Å². The molecule has 1 saturated carbocycles. The van der Waals surface area contributed by atoms with E-state index >= 15 is 0 Å². The maximum atomic E-state index is 5.98. The molecule has 1 fully saturated rings. The van der Waals surface area contributed by atoms with Crippen molar-refractivity contribution in [1.82, 2.24) is 15.1 Å². The molecule has 0 unspecified atom stereocenters. The van der Waals surface area contributed by atoms with Gasteiger partial charge in [-0.25, -0.2) is 0 Å². The molecule has 106 valence electrons. The Labute approximate surface area is 127 Å². The number of aromatic nitrogens is 2. The molecule has 0 saturated heterocycles. The third-order valence-corrected chi connectivity index (χ3v) is 3.97. The largest absolute Gasteiger partial charge is 0.487 e. The molecular weight excluding hydrogens is 318 g/mol. The molecule has 2 aromatic rings. The van der Waals surface area contributed by atoms with E-state index in [0.29, 0.717) is 12.6 Å². The lowest BCUT2D eigenvalue weighted by Crippen LogP contribution is -2.16. The number of hydrogen-bond donors (Lipinski definition) is 1. The van der Waals surface area contributed by atoms with Crippen LogP contribution in [0, 0.1) is 0 Å². The number of benzene rings is 1. The summed E-state index contributed by atoms with van der Waals surface area (Å²) >= 11 is 3.57. The molecule has 3 rings (SSSR count).